The second-order valence-electron chi connectivity index (χ2n) is 12.7. The molecule has 0 amide bonds. The molecule has 3 N–H and O–H groups in total. The molecule has 0 aromatic heterocycles. The molecular formula is C44H36N4. The van der Waals surface area contributed by atoms with Crippen LogP contribution >= 0.6 is 0 Å². The van der Waals surface area contributed by atoms with Gasteiger partial charge in [0.15, 0.2) is 0 Å². The van der Waals surface area contributed by atoms with Crippen LogP contribution in [0.25, 0.3) is 28.0 Å². The van der Waals surface area contributed by atoms with Crippen molar-refractivity contribution in [1.29, 1.82) is 10.7 Å². The van der Waals surface area contributed by atoms with Crippen LogP contribution in [0.2, 0.25) is 0 Å². The molecule has 0 fully saturated rings. The van der Waals surface area contributed by atoms with Gasteiger partial charge in [0.1, 0.15) is 0 Å². The molecule has 232 valence electrons. The molecule has 0 radical (unpaired) electrons. The molecule has 7 rings (SSSR count). The largest absolute Gasteiger partial charge is 0.380 e. The Hall–Kier alpha value is -6.18. The summed E-state index contributed by atoms with van der Waals surface area (Å²) in [6.07, 6.45) is 1.84. The van der Waals surface area contributed by atoms with Gasteiger partial charge in [0.05, 0.1) is 17.3 Å². The highest BCUT2D eigenvalue weighted by molar-refractivity contribution is 6.10. The first-order valence-corrected chi connectivity index (χ1v) is 16.2. The van der Waals surface area contributed by atoms with Gasteiger partial charge in [0.2, 0.25) is 0 Å². The maximum atomic E-state index is 9.35. The first-order valence-electron chi connectivity index (χ1n) is 16.2. The van der Waals surface area contributed by atoms with Crippen LogP contribution in [0.15, 0.2) is 152 Å². The summed E-state index contributed by atoms with van der Waals surface area (Å²) in [4.78, 5) is 0. The Morgan fingerprint density at radius 3 is 2.19 bits per heavy atom. The van der Waals surface area contributed by atoms with Crippen LogP contribution < -0.4 is 10.6 Å². The van der Waals surface area contributed by atoms with Gasteiger partial charge in [-0.05, 0) is 81.4 Å². The summed E-state index contributed by atoms with van der Waals surface area (Å²) in [5.41, 5.74) is 14.1. The van der Waals surface area contributed by atoms with Gasteiger partial charge in [-0.15, -0.1) is 0 Å². The molecule has 0 unspecified atom stereocenters. The average molecular weight is 621 g/mol. The van der Waals surface area contributed by atoms with Crippen molar-refractivity contribution in [1.82, 2.24) is 5.32 Å². The van der Waals surface area contributed by atoms with Crippen LogP contribution in [0.4, 0.5) is 11.4 Å². The predicted octanol–water partition coefficient (Wildman–Crippen LogP) is 10.5. The molecule has 0 heterocycles. The minimum absolute atomic E-state index is 0.0849. The normalized spacial score (nSPS) is 12.8. The summed E-state index contributed by atoms with van der Waals surface area (Å²) < 4.78 is 0. The number of anilines is 2. The lowest BCUT2D eigenvalue weighted by Crippen LogP contribution is -2.15. The third kappa shape index (κ3) is 6.02. The van der Waals surface area contributed by atoms with E-state index in [1.165, 1.54) is 33.4 Å². The van der Waals surface area contributed by atoms with Crippen molar-refractivity contribution in [2.24, 2.45) is 0 Å². The van der Waals surface area contributed by atoms with Crippen molar-refractivity contribution in [2.75, 3.05) is 5.32 Å². The van der Waals surface area contributed by atoms with Crippen LogP contribution in [0, 0.1) is 16.7 Å². The fourth-order valence-corrected chi connectivity index (χ4v) is 6.66. The highest BCUT2D eigenvalue weighted by Crippen LogP contribution is 2.51. The summed E-state index contributed by atoms with van der Waals surface area (Å²) in [6, 6.07) is 51.9. The van der Waals surface area contributed by atoms with E-state index < -0.39 is 0 Å². The number of hydrogen-bond acceptors (Lipinski definition) is 4. The zero-order valence-electron chi connectivity index (χ0n) is 27.1. The van der Waals surface area contributed by atoms with E-state index in [0.717, 1.165) is 28.2 Å². The Balaban J connectivity index is 1.20. The van der Waals surface area contributed by atoms with Gasteiger partial charge in [-0.3, -0.25) is 0 Å². The van der Waals surface area contributed by atoms with E-state index in [-0.39, 0.29) is 5.41 Å². The van der Waals surface area contributed by atoms with E-state index in [1.807, 2.05) is 48.5 Å². The van der Waals surface area contributed by atoms with Gasteiger partial charge in [-0.25, -0.2) is 0 Å². The zero-order chi connectivity index (χ0) is 33.1. The van der Waals surface area contributed by atoms with Crippen LogP contribution in [0.3, 0.4) is 0 Å². The molecular weight excluding hydrogens is 585 g/mol. The molecule has 0 aliphatic heterocycles. The molecule has 0 saturated carbocycles. The minimum atomic E-state index is -0.0849. The maximum absolute atomic E-state index is 9.35. The SMILES string of the molecule is CC1(C)c2ccccc2-c2cc(Nc3cccc(CN/C(=C\C(=N)c4cccc(C#N)c4)c4ccccc4)c3)c(-c3ccccc3)cc21. The van der Waals surface area contributed by atoms with Crippen LogP contribution in [0.1, 0.15) is 47.2 Å². The summed E-state index contributed by atoms with van der Waals surface area (Å²) in [7, 11) is 0. The fourth-order valence-electron chi connectivity index (χ4n) is 6.66. The first kappa shape index (κ1) is 30.5. The Bertz CT molecular complexity index is 2210. The molecule has 48 heavy (non-hydrogen) atoms. The van der Waals surface area contributed by atoms with Crippen LogP contribution in [-0.4, -0.2) is 5.71 Å². The molecule has 1 aliphatic rings. The Labute approximate surface area is 282 Å². The van der Waals surface area contributed by atoms with Crippen molar-refractivity contribution in [2.45, 2.75) is 25.8 Å². The van der Waals surface area contributed by atoms with Gasteiger partial charge in [0, 0.05) is 40.2 Å². The standard InChI is InChI=1S/C44H36N4/c1-44(2)39-22-10-9-21-36(39)38-26-43(37(25-40(38)44)32-15-5-3-6-16-32)48-35-20-12-14-31(24-35)29-47-42(33-17-7-4-8-18-33)27-41(46)34-19-11-13-30(23-34)28-45/h3-27,46-48H,29H2,1-2H3/b42-27-,46-41?. The number of benzene rings is 6. The van der Waals surface area contributed by atoms with Gasteiger partial charge < -0.3 is 16.0 Å². The van der Waals surface area contributed by atoms with Crippen LogP contribution in [0.5, 0.6) is 0 Å². The number of fused-ring (bicyclic) bond motifs is 3. The summed E-state index contributed by atoms with van der Waals surface area (Å²) in [5, 5.41) is 25.5. The number of allylic oxidation sites excluding steroid dienone is 1. The smallest absolute Gasteiger partial charge is 0.0991 e. The fraction of sp³-hybridized carbons (Fsp3) is 0.0909. The van der Waals surface area contributed by atoms with Gasteiger partial charge in [0.25, 0.3) is 0 Å². The lowest BCUT2D eigenvalue weighted by molar-refractivity contribution is 0.660. The highest BCUT2D eigenvalue weighted by atomic mass is 14.9. The highest BCUT2D eigenvalue weighted by Gasteiger charge is 2.36. The molecule has 0 spiro atoms. The van der Waals surface area contributed by atoms with Crippen molar-refractivity contribution in [3.63, 3.8) is 0 Å². The second kappa shape index (κ2) is 12.9. The summed E-state index contributed by atoms with van der Waals surface area (Å²) >= 11 is 0. The average Bonchev–Trinajstić information content (AvgIpc) is 3.35. The van der Waals surface area contributed by atoms with Crippen molar-refractivity contribution in [3.8, 4) is 28.3 Å². The Kier molecular flexibility index (Phi) is 8.19. The second-order valence-corrected chi connectivity index (χ2v) is 12.7. The predicted molar refractivity (Wildman–Crippen MR) is 198 cm³/mol. The van der Waals surface area contributed by atoms with E-state index in [1.54, 1.807) is 12.1 Å². The number of nitrogens with one attached hydrogen (secondary N) is 3. The number of rotatable bonds is 9. The molecule has 4 nitrogen and oxygen atoms in total. The number of nitrogens with zero attached hydrogens (tertiary/aromatic N) is 1. The zero-order valence-corrected chi connectivity index (χ0v) is 27.1. The number of nitriles is 1. The molecule has 6 aromatic rings. The molecule has 0 bridgehead atoms. The Morgan fingerprint density at radius 1 is 0.688 bits per heavy atom. The molecule has 0 saturated heterocycles. The minimum Gasteiger partial charge on any atom is -0.380 e. The number of hydrogen-bond donors (Lipinski definition) is 3. The monoisotopic (exact) mass is 620 g/mol. The third-order valence-corrected chi connectivity index (χ3v) is 9.17. The molecule has 6 aromatic carbocycles. The molecule has 0 atom stereocenters. The van der Waals surface area contributed by atoms with Crippen molar-refractivity contribution >= 4 is 22.8 Å². The summed E-state index contributed by atoms with van der Waals surface area (Å²) in [6.45, 7) is 5.21. The quantitative estimate of drug-likeness (QED) is 0.141. The van der Waals surface area contributed by atoms with E-state index in [9.17, 15) is 5.26 Å². The lowest BCUT2D eigenvalue weighted by Gasteiger charge is -2.23. The molecule has 4 heteroatoms. The van der Waals surface area contributed by atoms with Crippen LogP contribution in [-0.2, 0) is 12.0 Å². The lowest BCUT2D eigenvalue weighted by atomic mass is 9.81. The van der Waals surface area contributed by atoms with E-state index in [0.29, 0.717) is 23.4 Å². The van der Waals surface area contributed by atoms with Gasteiger partial charge in [-0.1, -0.05) is 123 Å². The first-order chi connectivity index (χ1) is 23.4. The third-order valence-electron chi connectivity index (χ3n) is 9.17. The van der Waals surface area contributed by atoms with E-state index >= 15 is 0 Å². The van der Waals surface area contributed by atoms with Crippen molar-refractivity contribution < 1.29 is 0 Å². The summed E-state index contributed by atoms with van der Waals surface area (Å²) in [5.74, 6) is 0. The van der Waals surface area contributed by atoms with Crippen molar-refractivity contribution in [3.05, 3.63) is 185 Å². The van der Waals surface area contributed by atoms with Gasteiger partial charge in [-0.2, -0.15) is 5.26 Å². The maximum Gasteiger partial charge on any atom is 0.0991 e. The van der Waals surface area contributed by atoms with Gasteiger partial charge >= 0.3 is 0 Å². The van der Waals surface area contributed by atoms with E-state index in [2.05, 4.69) is 122 Å². The Morgan fingerprint density at radius 2 is 1.40 bits per heavy atom. The van der Waals surface area contributed by atoms with E-state index in [4.69, 9.17) is 5.41 Å². The molecule has 1 aliphatic carbocycles. The topological polar surface area (TPSA) is 71.7 Å².